The summed E-state index contributed by atoms with van der Waals surface area (Å²) in [5.74, 6) is 1.03. The number of methoxy groups -OCH3 is 1. The number of hydrogen-bond donors (Lipinski definition) is 1. The molecule has 1 aromatic carbocycles. The summed E-state index contributed by atoms with van der Waals surface area (Å²) >= 11 is 0. The SMILES string of the molecule is C=CCn1c(=O)c2cnc(Nc3ccc(N4CCO[C@H](COC)C4)cc3)nc2n1-c1cccc(N=S(C)(C)=O)n1. The van der Waals surface area contributed by atoms with E-state index in [4.69, 9.17) is 9.47 Å². The summed E-state index contributed by atoms with van der Waals surface area (Å²) in [7, 11) is -0.747. The van der Waals surface area contributed by atoms with Crippen molar-refractivity contribution in [1.29, 1.82) is 0 Å². The zero-order valence-electron chi connectivity index (χ0n) is 22.7. The van der Waals surface area contributed by atoms with Crippen molar-refractivity contribution in [3.8, 4) is 5.82 Å². The quantitative estimate of drug-likeness (QED) is 0.305. The van der Waals surface area contributed by atoms with Crippen LogP contribution in [0.2, 0.25) is 0 Å². The van der Waals surface area contributed by atoms with Crippen LogP contribution in [0.1, 0.15) is 0 Å². The second-order valence-electron chi connectivity index (χ2n) is 9.61. The molecule has 4 aromatic rings. The van der Waals surface area contributed by atoms with Crippen molar-refractivity contribution >= 4 is 43.9 Å². The van der Waals surface area contributed by atoms with E-state index >= 15 is 0 Å². The highest BCUT2D eigenvalue weighted by Gasteiger charge is 2.21. The Morgan fingerprint density at radius 1 is 1.23 bits per heavy atom. The Labute approximate surface area is 232 Å². The molecule has 40 heavy (non-hydrogen) atoms. The minimum absolute atomic E-state index is 0.0413. The molecule has 0 aliphatic carbocycles. The standard InChI is InChI=1S/C27H32N8O4S/c1-5-13-34-26(36)22-16-28-27(31-25(22)35(34)24-8-6-7-23(30-24)32-40(3,4)37)29-19-9-11-20(12-10-19)33-14-15-39-21(17-33)18-38-2/h5-12,16,21H,1,13-15,17-18H2,2-4H3,(H,28,29,31)/t21-/m0/s1. The molecule has 1 N–H and O–H groups in total. The molecule has 0 radical (unpaired) electrons. The summed E-state index contributed by atoms with van der Waals surface area (Å²) in [4.78, 5) is 29.1. The number of fused-ring (bicyclic) bond motifs is 1. The van der Waals surface area contributed by atoms with E-state index in [0.29, 0.717) is 41.8 Å². The number of anilines is 3. The van der Waals surface area contributed by atoms with E-state index in [2.05, 4.69) is 36.1 Å². The van der Waals surface area contributed by atoms with E-state index < -0.39 is 9.73 Å². The molecular formula is C27H32N8O4S. The number of allylic oxidation sites excluding steroid dienone is 1. The van der Waals surface area contributed by atoms with Gasteiger partial charge in [0.1, 0.15) is 5.39 Å². The number of nitrogens with zero attached hydrogens (tertiary/aromatic N) is 7. The van der Waals surface area contributed by atoms with Crippen LogP contribution in [0.5, 0.6) is 0 Å². The number of benzene rings is 1. The van der Waals surface area contributed by atoms with Crippen molar-refractivity contribution in [2.45, 2.75) is 12.6 Å². The van der Waals surface area contributed by atoms with Crippen LogP contribution >= 0.6 is 0 Å². The van der Waals surface area contributed by atoms with Gasteiger partial charge in [-0.3, -0.25) is 4.79 Å². The fourth-order valence-electron chi connectivity index (χ4n) is 4.54. The third-order valence-electron chi connectivity index (χ3n) is 6.21. The molecule has 1 atom stereocenters. The Hall–Kier alpha value is -4.07. The molecule has 4 heterocycles. The summed E-state index contributed by atoms with van der Waals surface area (Å²) in [6.07, 6.45) is 6.24. The number of nitrogens with one attached hydrogen (secondary N) is 1. The van der Waals surface area contributed by atoms with Crippen LogP contribution in [0.3, 0.4) is 0 Å². The predicted octanol–water partition coefficient (Wildman–Crippen LogP) is 3.12. The number of morpholine rings is 1. The number of hydrogen-bond acceptors (Lipinski definition) is 10. The van der Waals surface area contributed by atoms with Crippen LogP contribution < -0.4 is 15.8 Å². The first-order chi connectivity index (χ1) is 19.3. The van der Waals surface area contributed by atoms with Crippen molar-refractivity contribution in [2.75, 3.05) is 56.1 Å². The average Bonchev–Trinajstić information content (AvgIpc) is 3.19. The molecule has 0 bridgehead atoms. The first kappa shape index (κ1) is 27.5. The fraction of sp³-hybridized carbons (Fsp3) is 0.333. The minimum Gasteiger partial charge on any atom is -0.382 e. The molecule has 1 aliphatic heterocycles. The normalized spacial score (nSPS) is 15.8. The van der Waals surface area contributed by atoms with Gasteiger partial charge in [-0.25, -0.2) is 23.5 Å². The largest absolute Gasteiger partial charge is 0.382 e. The number of pyridine rings is 1. The Morgan fingerprint density at radius 3 is 2.75 bits per heavy atom. The van der Waals surface area contributed by atoms with Crippen molar-refractivity contribution in [3.05, 3.63) is 71.7 Å². The van der Waals surface area contributed by atoms with Crippen LogP contribution in [0.25, 0.3) is 16.9 Å². The van der Waals surface area contributed by atoms with Crippen LogP contribution in [0.15, 0.2) is 70.5 Å². The maximum atomic E-state index is 13.2. The van der Waals surface area contributed by atoms with Crippen molar-refractivity contribution in [3.63, 3.8) is 0 Å². The number of aromatic nitrogens is 5. The lowest BCUT2D eigenvalue weighted by Gasteiger charge is -2.34. The lowest BCUT2D eigenvalue weighted by Crippen LogP contribution is -2.44. The third kappa shape index (κ3) is 6.06. The molecule has 13 heteroatoms. The van der Waals surface area contributed by atoms with Gasteiger partial charge in [0.15, 0.2) is 17.3 Å². The molecule has 3 aromatic heterocycles. The molecule has 0 saturated carbocycles. The van der Waals surface area contributed by atoms with Crippen LogP contribution in [-0.2, 0) is 25.7 Å². The van der Waals surface area contributed by atoms with E-state index in [1.165, 1.54) is 23.4 Å². The topological polar surface area (TPSA) is 129 Å². The first-order valence-corrected chi connectivity index (χ1v) is 15.1. The average molecular weight is 565 g/mol. The molecule has 1 saturated heterocycles. The minimum atomic E-state index is -2.42. The molecule has 1 fully saturated rings. The first-order valence-electron chi connectivity index (χ1n) is 12.7. The Morgan fingerprint density at radius 2 is 2.02 bits per heavy atom. The highest BCUT2D eigenvalue weighted by atomic mass is 32.2. The molecule has 0 unspecified atom stereocenters. The summed E-state index contributed by atoms with van der Waals surface area (Å²) in [5, 5.41) is 3.56. The highest BCUT2D eigenvalue weighted by Crippen LogP contribution is 2.23. The van der Waals surface area contributed by atoms with Gasteiger partial charge >= 0.3 is 0 Å². The number of rotatable bonds is 9. The van der Waals surface area contributed by atoms with Crippen molar-refractivity contribution < 1.29 is 13.7 Å². The van der Waals surface area contributed by atoms with Crippen LogP contribution in [-0.4, -0.2) is 80.6 Å². The van der Waals surface area contributed by atoms with Gasteiger partial charge in [0.25, 0.3) is 5.56 Å². The summed E-state index contributed by atoms with van der Waals surface area (Å²) in [6, 6.07) is 13.1. The van der Waals surface area contributed by atoms with E-state index in [1.54, 1.807) is 36.1 Å². The Kier molecular flexibility index (Phi) is 7.96. The summed E-state index contributed by atoms with van der Waals surface area (Å²) < 4.78 is 30.5. The molecule has 1 aliphatic rings. The predicted molar refractivity (Wildman–Crippen MR) is 157 cm³/mol. The van der Waals surface area contributed by atoms with Crippen molar-refractivity contribution in [1.82, 2.24) is 24.3 Å². The Bertz CT molecular complexity index is 1700. The van der Waals surface area contributed by atoms with Gasteiger partial charge in [-0.05, 0) is 36.4 Å². The van der Waals surface area contributed by atoms with Gasteiger partial charge in [0.05, 0.1) is 25.9 Å². The maximum Gasteiger partial charge on any atom is 0.278 e. The molecule has 5 rings (SSSR count). The van der Waals surface area contributed by atoms with Gasteiger partial charge in [-0.2, -0.15) is 9.35 Å². The van der Waals surface area contributed by atoms with E-state index in [1.807, 2.05) is 24.3 Å². The van der Waals surface area contributed by atoms with Gasteiger partial charge in [0.2, 0.25) is 5.95 Å². The van der Waals surface area contributed by atoms with E-state index in [9.17, 15) is 9.00 Å². The van der Waals surface area contributed by atoms with Gasteiger partial charge in [-0.15, -0.1) is 6.58 Å². The molecule has 0 amide bonds. The molecular weight excluding hydrogens is 532 g/mol. The monoisotopic (exact) mass is 564 g/mol. The lowest BCUT2D eigenvalue weighted by atomic mass is 10.2. The second-order valence-corrected chi connectivity index (χ2v) is 12.2. The highest BCUT2D eigenvalue weighted by molar-refractivity contribution is 7.92. The molecule has 0 spiro atoms. The van der Waals surface area contributed by atoms with Crippen LogP contribution in [0, 0.1) is 0 Å². The van der Waals surface area contributed by atoms with E-state index in [-0.39, 0.29) is 18.2 Å². The van der Waals surface area contributed by atoms with Gasteiger partial charge in [-0.1, -0.05) is 12.1 Å². The molecule has 210 valence electrons. The second kappa shape index (κ2) is 11.6. The zero-order valence-corrected chi connectivity index (χ0v) is 23.5. The van der Waals surface area contributed by atoms with Crippen molar-refractivity contribution in [2.24, 2.45) is 4.36 Å². The van der Waals surface area contributed by atoms with E-state index in [0.717, 1.165) is 24.5 Å². The third-order valence-corrected chi connectivity index (χ3v) is 6.83. The van der Waals surface area contributed by atoms with Crippen LogP contribution in [0.4, 0.5) is 23.1 Å². The Balaban J connectivity index is 1.47. The maximum absolute atomic E-state index is 13.2. The van der Waals surface area contributed by atoms with Gasteiger partial charge < -0.3 is 19.7 Å². The smallest absolute Gasteiger partial charge is 0.278 e. The van der Waals surface area contributed by atoms with Gasteiger partial charge in [0, 0.05) is 60.0 Å². The zero-order chi connectivity index (χ0) is 28.3. The fourth-order valence-corrected chi connectivity index (χ4v) is 5.09. The lowest BCUT2D eigenvalue weighted by molar-refractivity contribution is -0.0100. The summed E-state index contributed by atoms with van der Waals surface area (Å²) in [6.45, 7) is 6.78. The molecule has 12 nitrogen and oxygen atoms in total. The summed E-state index contributed by atoms with van der Waals surface area (Å²) in [5.41, 5.74) is 1.98. The number of ether oxygens (including phenoxy) is 2.